The van der Waals surface area contributed by atoms with Gasteiger partial charge in [0.15, 0.2) is 5.78 Å². The van der Waals surface area contributed by atoms with Gasteiger partial charge in [-0.1, -0.05) is 44.0 Å². The smallest absolute Gasteiger partial charge is 0.305 e. The van der Waals surface area contributed by atoms with Crippen LogP contribution >= 0.6 is 0 Å². The van der Waals surface area contributed by atoms with Crippen molar-refractivity contribution in [1.82, 2.24) is 0 Å². The molecule has 0 aliphatic rings. The first-order valence-corrected chi connectivity index (χ1v) is 6.86. The summed E-state index contributed by atoms with van der Waals surface area (Å²) in [5.41, 5.74) is 1.93. The van der Waals surface area contributed by atoms with E-state index in [-0.39, 0.29) is 24.6 Å². The zero-order chi connectivity index (χ0) is 14.1. The van der Waals surface area contributed by atoms with Crippen LogP contribution in [0.2, 0.25) is 0 Å². The number of rotatable bonds is 8. The van der Waals surface area contributed by atoms with Crippen molar-refractivity contribution in [3.63, 3.8) is 0 Å². The van der Waals surface area contributed by atoms with Gasteiger partial charge in [0.2, 0.25) is 0 Å². The molecular weight excluding hydrogens is 240 g/mol. The summed E-state index contributed by atoms with van der Waals surface area (Å²) < 4.78 is 4.52. The molecule has 0 N–H and O–H groups in total. The van der Waals surface area contributed by atoms with Crippen molar-refractivity contribution < 1.29 is 14.3 Å². The molecule has 0 saturated carbocycles. The summed E-state index contributed by atoms with van der Waals surface area (Å²) in [6.45, 7) is 2.18. The first-order chi connectivity index (χ1) is 9.17. The van der Waals surface area contributed by atoms with Crippen molar-refractivity contribution >= 4 is 11.8 Å². The second kappa shape index (κ2) is 8.46. The van der Waals surface area contributed by atoms with Gasteiger partial charge in [-0.2, -0.15) is 0 Å². The van der Waals surface area contributed by atoms with Crippen molar-refractivity contribution in [3.8, 4) is 0 Å². The van der Waals surface area contributed by atoms with Crippen LogP contribution < -0.4 is 0 Å². The highest BCUT2D eigenvalue weighted by atomic mass is 16.5. The molecule has 3 heteroatoms. The lowest BCUT2D eigenvalue weighted by Gasteiger charge is -2.03. The number of benzene rings is 1. The number of carbonyl (C=O) groups excluding carboxylic acids is 2. The third kappa shape index (κ3) is 5.69. The van der Waals surface area contributed by atoms with Crippen molar-refractivity contribution in [2.75, 3.05) is 7.11 Å². The summed E-state index contributed by atoms with van der Waals surface area (Å²) in [4.78, 5) is 22.8. The fourth-order valence-corrected chi connectivity index (χ4v) is 1.90. The van der Waals surface area contributed by atoms with E-state index in [1.54, 1.807) is 0 Å². The van der Waals surface area contributed by atoms with Crippen LogP contribution in [0.15, 0.2) is 24.3 Å². The normalized spacial score (nSPS) is 10.2. The summed E-state index contributed by atoms with van der Waals surface area (Å²) in [5, 5.41) is 0. The Morgan fingerprint density at radius 3 is 2.32 bits per heavy atom. The maximum Gasteiger partial charge on any atom is 0.305 e. The first kappa shape index (κ1) is 15.4. The van der Waals surface area contributed by atoms with Crippen molar-refractivity contribution in [2.24, 2.45) is 0 Å². The Kier molecular flexibility index (Phi) is 6.86. The van der Waals surface area contributed by atoms with E-state index in [9.17, 15) is 9.59 Å². The fourth-order valence-electron chi connectivity index (χ4n) is 1.90. The Labute approximate surface area is 115 Å². The number of aryl methyl sites for hydroxylation is 1. The Morgan fingerprint density at radius 1 is 1.05 bits per heavy atom. The minimum atomic E-state index is -0.343. The monoisotopic (exact) mass is 262 g/mol. The standard InChI is InChI=1S/C16H22O3/c1-3-4-5-6-13-7-9-14(10-8-13)15(17)11-12-16(18)19-2/h7-10H,3-6,11-12H2,1-2H3. The third-order valence-corrected chi connectivity index (χ3v) is 3.13. The zero-order valence-corrected chi connectivity index (χ0v) is 11.8. The van der Waals surface area contributed by atoms with Gasteiger partial charge in [0.1, 0.15) is 0 Å². The van der Waals surface area contributed by atoms with Gasteiger partial charge in [-0.3, -0.25) is 9.59 Å². The van der Waals surface area contributed by atoms with Gasteiger partial charge in [0.25, 0.3) is 0 Å². The fraction of sp³-hybridized carbons (Fsp3) is 0.500. The largest absolute Gasteiger partial charge is 0.469 e. The summed E-state index contributed by atoms with van der Waals surface area (Å²) in [5.74, 6) is -0.352. The number of Topliss-reactive ketones (excluding diaryl/α,β-unsaturated/α-hetero) is 1. The number of esters is 1. The highest BCUT2D eigenvalue weighted by Crippen LogP contribution is 2.11. The van der Waals surface area contributed by atoms with Gasteiger partial charge in [0.05, 0.1) is 13.5 Å². The van der Waals surface area contributed by atoms with Crippen LogP contribution in [0.25, 0.3) is 0 Å². The highest BCUT2D eigenvalue weighted by Gasteiger charge is 2.09. The van der Waals surface area contributed by atoms with Gasteiger partial charge in [-0.05, 0) is 18.4 Å². The molecular formula is C16H22O3. The number of methoxy groups -OCH3 is 1. The molecule has 104 valence electrons. The number of hydrogen-bond acceptors (Lipinski definition) is 3. The quantitative estimate of drug-likeness (QED) is 0.409. The molecule has 0 aliphatic heterocycles. The Bertz CT molecular complexity index is 407. The van der Waals surface area contributed by atoms with E-state index in [0.29, 0.717) is 5.56 Å². The van der Waals surface area contributed by atoms with E-state index in [1.807, 2.05) is 24.3 Å². The molecule has 1 aromatic carbocycles. The molecule has 0 spiro atoms. The molecule has 0 bridgehead atoms. The maximum absolute atomic E-state index is 11.8. The summed E-state index contributed by atoms with van der Waals surface area (Å²) in [7, 11) is 1.33. The summed E-state index contributed by atoms with van der Waals surface area (Å²) in [6.07, 6.45) is 5.05. The average Bonchev–Trinajstić information content (AvgIpc) is 2.45. The molecule has 0 radical (unpaired) electrons. The second-order valence-electron chi connectivity index (χ2n) is 4.65. The molecule has 3 nitrogen and oxygen atoms in total. The molecule has 0 aliphatic carbocycles. The average molecular weight is 262 g/mol. The van der Waals surface area contributed by atoms with Gasteiger partial charge >= 0.3 is 5.97 Å². The van der Waals surface area contributed by atoms with Crippen LogP contribution in [0.1, 0.15) is 54.9 Å². The first-order valence-electron chi connectivity index (χ1n) is 6.86. The molecule has 0 saturated heterocycles. The van der Waals surface area contributed by atoms with Crippen LogP contribution in [-0.4, -0.2) is 18.9 Å². The number of carbonyl (C=O) groups is 2. The molecule has 0 heterocycles. The van der Waals surface area contributed by atoms with Crippen LogP contribution in [0.4, 0.5) is 0 Å². The van der Waals surface area contributed by atoms with E-state index in [0.717, 1.165) is 6.42 Å². The minimum absolute atomic E-state index is 0.00879. The van der Waals surface area contributed by atoms with Gasteiger partial charge in [-0.25, -0.2) is 0 Å². The van der Waals surface area contributed by atoms with Crippen molar-refractivity contribution in [3.05, 3.63) is 35.4 Å². The molecule has 0 amide bonds. The lowest BCUT2D eigenvalue weighted by atomic mass is 10.0. The Morgan fingerprint density at radius 2 is 1.74 bits per heavy atom. The number of unbranched alkanes of at least 4 members (excludes halogenated alkanes) is 2. The molecule has 0 fully saturated rings. The maximum atomic E-state index is 11.8. The van der Waals surface area contributed by atoms with Crippen LogP contribution in [0.3, 0.4) is 0 Å². The van der Waals surface area contributed by atoms with E-state index < -0.39 is 0 Å². The topological polar surface area (TPSA) is 43.4 Å². The Hall–Kier alpha value is -1.64. The van der Waals surface area contributed by atoms with Crippen molar-refractivity contribution in [1.29, 1.82) is 0 Å². The van der Waals surface area contributed by atoms with E-state index >= 15 is 0 Å². The van der Waals surface area contributed by atoms with Crippen LogP contribution in [-0.2, 0) is 16.0 Å². The van der Waals surface area contributed by atoms with E-state index in [1.165, 1.54) is 31.9 Å². The summed E-state index contributed by atoms with van der Waals surface area (Å²) >= 11 is 0. The van der Waals surface area contributed by atoms with E-state index in [2.05, 4.69) is 11.7 Å². The summed E-state index contributed by atoms with van der Waals surface area (Å²) in [6, 6.07) is 7.70. The number of hydrogen-bond donors (Lipinski definition) is 0. The van der Waals surface area contributed by atoms with Crippen LogP contribution in [0, 0.1) is 0 Å². The molecule has 19 heavy (non-hydrogen) atoms. The van der Waals surface area contributed by atoms with Gasteiger partial charge < -0.3 is 4.74 Å². The Balaban J connectivity index is 2.46. The predicted octanol–water partition coefficient (Wildman–Crippen LogP) is 3.56. The predicted molar refractivity (Wildman–Crippen MR) is 75.3 cm³/mol. The molecule has 1 rings (SSSR count). The van der Waals surface area contributed by atoms with Crippen molar-refractivity contribution in [2.45, 2.75) is 45.4 Å². The zero-order valence-electron chi connectivity index (χ0n) is 11.8. The van der Waals surface area contributed by atoms with Gasteiger partial charge in [-0.15, -0.1) is 0 Å². The number of ketones is 1. The molecule has 1 aromatic rings. The highest BCUT2D eigenvalue weighted by molar-refractivity contribution is 5.97. The molecule has 0 unspecified atom stereocenters. The van der Waals surface area contributed by atoms with Crippen LogP contribution in [0.5, 0.6) is 0 Å². The second-order valence-corrected chi connectivity index (χ2v) is 4.65. The van der Waals surface area contributed by atoms with Gasteiger partial charge in [0, 0.05) is 12.0 Å². The lowest BCUT2D eigenvalue weighted by molar-refractivity contribution is -0.140. The molecule has 0 aromatic heterocycles. The van der Waals surface area contributed by atoms with E-state index in [4.69, 9.17) is 0 Å². The minimum Gasteiger partial charge on any atom is -0.469 e. The third-order valence-electron chi connectivity index (χ3n) is 3.13. The SMILES string of the molecule is CCCCCc1ccc(C(=O)CCC(=O)OC)cc1. The number of ether oxygens (including phenoxy) is 1. The molecule has 0 atom stereocenters. The lowest BCUT2D eigenvalue weighted by Crippen LogP contribution is -2.06.